The van der Waals surface area contributed by atoms with Crippen LogP contribution in [0.2, 0.25) is 5.02 Å². The third-order valence-corrected chi connectivity index (χ3v) is 7.96. The number of hydrogen-bond acceptors (Lipinski definition) is 3. The van der Waals surface area contributed by atoms with Gasteiger partial charge in [0.15, 0.2) is 0 Å². The number of piperidine rings is 1. The molecule has 0 unspecified atom stereocenters. The first-order valence-corrected chi connectivity index (χ1v) is 12.0. The average Bonchev–Trinajstić information content (AvgIpc) is 2.79. The monoisotopic (exact) mass is 496 g/mol. The molecule has 4 rings (SSSR count). The summed E-state index contributed by atoms with van der Waals surface area (Å²) in [6, 6.07) is 15.1. The predicted molar refractivity (Wildman–Crippen MR) is 121 cm³/mol. The maximum absolute atomic E-state index is 13.1. The van der Waals surface area contributed by atoms with Gasteiger partial charge in [-0.25, -0.2) is 8.42 Å². The number of nitrogens with zero attached hydrogens (tertiary/aromatic N) is 1. The lowest BCUT2D eigenvalue weighted by Crippen LogP contribution is -2.41. The first-order chi connectivity index (χ1) is 15.6. The van der Waals surface area contributed by atoms with Gasteiger partial charge in [-0.1, -0.05) is 41.9 Å². The molecule has 5 nitrogen and oxygen atoms in total. The van der Waals surface area contributed by atoms with Crippen molar-refractivity contribution in [3.63, 3.8) is 0 Å². The summed E-state index contributed by atoms with van der Waals surface area (Å²) in [4.78, 5) is 12.8. The molecule has 1 heterocycles. The molecular weight excluding hydrogens is 477 g/mol. The van der Waals surface area contributed by atoms with E-state index in [1.165, 1.54) is 4.31 Å². The van der Waals surface area contributed by atoms with Crippen molar-refractivity contribution in [3.05, 3.63) is 71.2 Å². The van der Waals surface area contributed by atoms with Gasteiger partial charge in [0.05, 0.1) is 21.2 Å². The SMILES string of the molecule is O=C(Nc1cc(C(F)(F)F)ccc1Cl)C1CCN(S(=O)(=O)c2ccc3ccccc3c2)CC1. The van der Waals surface area contributed by atoms with Crippen molar-refractivity contribution in [2.24, 2.45) is 5.92 Å². The fourth-order valence-corrected chi connectivity index (χ4v) is 5.54. The number of alkyl halides is 3. The van der Waals surface area contributed by atoms with Gasteiger partial charge in [-0.05, 0) is 53.9 Å². The Balaban J connectivity index is 1.43. The molecule has 0 radical (unpaired) electrons. The summed E-state index contributed by atoms with van der Waals surface area (Å²) in [7, 11) is -3.73. The maximum Gasteiger partial charge on any atom is 0.416 e. The van der Waals surface area contributed by atoms with Gasteiger partial charge in [-0.3, -0.25) is 4.79 Å². The molecule has 0 atom stereocenters. The zero-order valence-corrected chi connectivity index (χ0v) is 18.8. The summed E-state index contributed by atoms with van der Waals surface area (Å²) in [6.45, 7) is 0.257. The summed E-state index contributed by atoms with van der Waals surface area (Å²) < 4.78 is 66.3. The minimum atomic E-state index is -4.56. The number of carbonyl (C=O) groups is 1. The van der Waals surface area contributed by atoms with Crippen LogP contribution in [0.25, 0.3) is 10.8 Å². The number of halogens is 4. The van der Waals surface area contributed by atoms with Crippen LogP contribution in [0.4, 0.5) is 18.9 Å². The highest BCUT2D eigenvalue weighted by Crippen LogP contribution is 2.34. The van der Waals surface area contributed by atoms with Crippen molar-refractivity contribution < 1.29 is 26.4 Å². The minimum absolute atomic E-state index is 0.00679. The maximum atomic E-state index is 13.1. The fraction of sp³-hybridized carbons (Fsp3) is 0.261. The molecule has 174 valence electrons. The smallest absolute Gasteiger partial charge is 0.325 e. The van der Waals surface area contributed by atoms with E-state index in [1.807, 2.05) is 24.3 Å². The molecular formula is C23H20ClF3N2O3S. The van der Waals surface area contributed by atoms with E-state index >= 15 is 0 Å². The second kappa shape index (κ2) is 8.96. The van der Waals surface area contributed by atoms with Crippen LogP contribution in [-0.4, -0.2) is 31.7 Å². The number of amides is 1. The molecule has 1 amide bonds. The van der Waals surface area contributed by atoms with Gasteiger partial charge in [0.1, 0.15) is 0 Å². The summed E-state index contributed by atoms with van der Waals surface area (Å²) in [5.41, 5.74) is -1.04. The van der Waals surface area contributed by atoms with Crippen molar-refractivity contribution in [2.75, 3.05) is 18.4 Å². The van der Waals surface area contributed by atoms with E-state index in [2.05, 4.69) is 5.32 Å². The molecule has 1 aliphatic heterocycles. The Hall–Kier alpha value is -2.62. The second-order valence-electron chi connectivity index (χ2n) is 7.87. The number of carbonyl (C=O) groups excluding carboxylic acids is 1. The number of anilines is 1. The van der Waals surface area contributed by atoms with Gasteiger partial charge in [0, 0.05) is 19.0 Å². The van der Waals surface area contributed by atoms with Crippen molar-refractivity contribution in [1.29, 1.82) is 0 Å². The van der Waals surface area contributed by atoms with Crippen LogP contribution in [-0.2, 0) is 21.0 Å². The van der Waals surface area contributed by atoms with E-state index in [0.29, 0.717) is 0 Å². The third-order valence-electron chi connectivity index (χ3n) is 5.73. The summed E-state index contributed by atoms with van der Waals surface area (Å²) in [5.74, 6) is -1.03. The first kappa shape index (κ1) is 23.5. The molecule has 1 aliphatic rings. The van der Waals surface area contributed by atoms with Gasteiger partial charge in [0.25, 0.3) is 0 Å². The molecule has 3 aromatic rings. The van der Waals surface area contributed by atoms with Crippen LogP contribution >= 0.6 is 11.6 Å². The molecule has 3 aromatic carbocycles. The van der Waals surface area contributed by atoms with Crippen LogP contribution in [0.15, 0.2) is 65.6 Å². The molecule has 0 bridgehead atoms. The van der Waals surface area contributed by atoms with Gasteiger partial charge >= 0.3 is 6.18 Å². The highest BCUT2D eigenvalue weighted by molar-refractivity contribution is 7.89. The highest BCUT2D eigenvalue weighted by Gasteiger charge is 2.34. The Morgan fingerprint density at radius 3 is 2.30 bits per heavy atom. The van der Waals surface area contributed by atoms with Crippen LogP contribution in [0.3, 0.4) is 0 Å². The molecule has 33 heavy (non-hydrogen) atoms. The molecule has 0 aromatic heterocycles. The quantitative estimate of drug-likeness (QED) is 0.515. The number of fused-ring (bicyclic) bond motifs is 1. The van der Waals surface area contributed by atoms with Crippen molar-refractivity contribution in [1.82, 2.24) is 4.31 Å². The lowest BCUT2D eigenvalue weighted by atomic mass is 9.97. The lowest BCUT2D eigenvalue weighted by Gasteiger charge is -2.30. The Kier molecular flexibility index (Phi) is 6.39. The fourth-order valence-electron chi connectivity index (χ4n) is 3.87. The number of nitrogens with one attached hydrogen (secondary N) is 1. The molecule has 0 spiro atoms. The zero-order valence-electron chi connectivity index (χ0n) is 17.3. The number of sulfonamides is 1. The molecule has 10 heteroatoms. The summed E-state index contributed by atoms with van der Waals surface area (Å²) >= 11 is 5.95. The van der Waals surface area contributed by atoms with E-state index in [-0.39, 0.29) is 41.5 Å². The van der Waals surface area contributed by atoms with Crippen LogP contribution in [0.1, 0.15) is 18.4 Å². The molecule has 1 N–H and O–H groups in total. The standard InChI is InChI=1S/C23H20ClF3N2O3S/c24-20-8-6-18(23(25,26)27)14-21(20)28-22(30)16-9-11-29(12-10-16)33(31,32)19-7-5-15-3-1-2-4-17(15)13-19/h1-8,13-14,16H,9-12H2,(H,28,30). The minimum Gasteiger partial charge on any atom is -0.325 e. The van der Waals surface area contributed by atoms with Gasteiger partial charge in [-0.15, -0.1) is 0 Å². The number of hydrogen-bond donors (Lipinski definition) is 1. The lowest BCUT2D eigenvalue weighted by molar-refractivity contribution is -0.137. The van der Waals surface area contributed by atoms with Crippen LogP contribution < -0.4 is 5.32 Å². The highest BCUT2D eigenvalue weighted by atomic mass is 35.5. The van der Waals surface area contributed by atoms with E-state index in [4.69, 9.17) is 11.6 Å². The Labute approximate surface area is 194 Å². The third kappa shape index (κ3) is 5.00. The molecule has 0 aliphatic carbocycles. The molecule has 0 saturated carbocycles. The van der Waals surface area contributed by atoms with Gasteiger partial charge < -0.3 is 5.32 Å². The van der Waals surface area contributed by atoms with Crippen molar-refractivity contribution >= 4 is 44.0 Å². The van der Waals surface area contributed by atoms with Crippen molar-refractivity contribution in [3.8, 4) is 0 Å². The van der Waals surface area contributed by atoms with Crippen LogP contribution in [0, 0.1) is 5.92 Å². The summed E-state index contributed by atoms with van der Waals surface area (Å²) in [5, 5.41) is 4.19. The van der Waals surface area contributed by atoms with Gasteiger partial charge in [0.2, 0.25) is 15.9 Å². The Morgan fingerprint density at radius 1 is 0.970 bits per heavy atom. The zero-order chi connectivity index (χ0) is 23.8. The normalized spacial score (nSPS) is 16.1. The van der Waals surface area contributed by atoms with E-state index in [1.54, 1.807) is 18.2 Å². The Bertz CT molecular complexity index is 1300. The first-order valence-electron chi connectivity index (χ1n) is 10.2. The average molecular weight is 497 g/mol. The second-order valence-corrected chi connectivity index (χ2v) is 10.2. The number of rotatable bonds is 4. The van der Waals surface area contributed by atoms with Crippen molar-refractivity contribution in [2.45, 2.75) is 23.9 Å². The van der Waals surface area contributed by atoms with E-state index < -0.39 is 33.6 Å². The predicted octanol–water partition coefficient (Wildman–Crippen LogP) is 5.55. The number of benzene rings is 3. The van der Waals surface area contributed by atoms with E-state index in [9.17, 15) is 26.4 Å². The largest absolute Gasteiger partial charge is 0.416 e. The van der Waals surface area contributed by atoms with Gasteiger partial charge in [-0.2, -0.15) is 17.5 Å². The van der Waals surface area contributed by atoms with Crippen LogP contribution in [0.5, 0.6) is 0 Å². The Morgan fingerprint density at radius 2 is 1.64 bits per heavy atom. The molecule has 1 fully saturated rings. The summed E-state index contributed by atoms with van der Waals surface area (Å²) in [6.07, 6.45) is -4.07. The topological polar surface area (TPSA) is 66.5 Å². The molecule has 1 saturated heterocycles. The van der Waals surface area contributed by atoms with E-state index in [0.717, 1.165) is 29.0 Å².